The minimum atomic E-state index is -0.750. The highest BCUT2D eigenvalue weighted by atomic mass is 35.5. The zero-order valence-electron chi connectivity index (χ0n) is 16.6. The summed E-state index contributed by atoms with van der Waals surface area (Å²) in [5.41, 5.74) is 7.73. The van der Waals surface area contributed by atoms with Gasteiger partial charge in [0, 0.05) is 11.6 Å². The van der Waals surface area contributed by atoms with Crippen LogP contribution in [0.3, 0.4) is 0 Å². The zero-order valence-corrected chi connectivity index (χ0v) is 17.4. The van der Waals surface area contributed by atoms with Gasteiger partial charge in [-0.05, 0) is 17.0 Å². The van der Waals surface area contributed by atoms with Gasteiger partial charge < -0.3 is 25.1 Å². The van der Waals surface area contributed by atoms with Crippen LogP contribution in [0.15, 0.2) is 42.5 Å². The molecule has 0 aromatic heterocycles. The van der Waals surface area contributed by atoms with Crippen molar-refractivity contribution < 1.29 is 19.3 Å². The largest absolute Gasteiger partial charge is 0.493 e. The highest BCUT2D eigenvalue weighted by molar-refractivity contribution is 5.85. The molecule has 0 bridgehead atoms. The molecule has 2 rings (SSSR count). The Morgan fingerprint density at radius 1 is 0.963 bits per heavy atom. The van der Waals surface area contributed by atoms with E-state index < -0.39 is 12.1 Å². The summed E-state index contributed by atoms with van der Waals surface area (Å²) in [4.78, 5) is 0. The van der Waals surface area contributed by atoms with Crippen LogP contribution in [0.25, 0.3) is 0 Å². The number of nitrogens with two attached hydrogens (primary N) is 1. The summed E-state index contributed by atoms with van der Waals surface area (Å²) in [7, 11) is 3.14. The van der Waals surface area contributed by atoms with E-state index in [0.717, 1.165) is 5.56 Å². The number of ether oxygens (including phenoxy) is 3. The Balaban J connectivity index is 0.00000364. The van der Waals surface area contributed by atoms with Gasteiger partial charge in [-0.15, -0.1) is 12.4 Å². The van der Waals surface area contributed by atoms with Gasteiger partial charge >= 0.3 is 0 Å². The number of hydrogen-bond donors (Lipinski definition) is 2. The van der Waals surface area contributed by atoms with Crippen LogP contribution < -0.4 is 19.9 Å². The molecule has 0 heterocycles. The maximum Gasteiger partial charge on any atom is 0.164 e. The summed E-state index contributed by atoms with van der Waals surface area (Å²) in [6, 6.07) is 12.8. The molecule has 0 aliphatic carbocycles. The Labute approximate surface area is 167 Å². The van der Waals surface area contributed by atoms with Gasteiger partial charge in [-0.1, -0.05) is 51.1 Å². The lowest BCUT2D eigenvalue weighted by molar-refractivity contribution is 0.0391. The van der Waals surface area contributed by atoms with Crippen molar-refractivity contribution in [3.8, 4) is 17.2 Å². The van der Waals surface area contributed by atoms with Gasteiger partial charge in [0.15, 0.2) is 11.5 Å². The second kappa shape index (κ2) is 9.83. The van der Waals surface area contributed by atoms with Crippen LogP contribution >= 0.6 is 12.4 Å². The lowest BCUT2D eigenvalue weighted by Crippen LogP contribution is -2.37. The summed E-state index contributed by atoms with van der Waals surface area (Å²) in [6.45, 7) is 6.23. The Bertz CT molecular complexity index is 716. The summed E-state index contributed by atoms with van der Waals surface area (Å²) in [5, 5.41) is 10.7. The van der Waals surface area contributed by atoms with Crippen LogP contribution in [0.4, 0.5) is 0 Å². The minimum absolute atomic E-state index is 0. The van der Waals surface area contributed by atoms with Gasteiger partial charge in [0.1, 0.15) is 12.4 Å². The van der Waals surface area contributed by atoms with Crippen LogP contribution in [0.1, 0.15) is 37.9 Å². The molecule has 0 aliphatic rings. The molecule has 150 valence electrons. The van der Waals surface area contributed by atoms with E-state index >= 15 is 0 Å². The molecule has 3 N–H and O–H groups in total. The topological polar surface area (TPSA) is 73.9 Å². The molecule has 6 heteroatoms. The van der Waals surface area contributed by atoms with Gasteiger partial charge in [0.05, 0.1) is 26.4 Å². The maximum absolute atomic E-state index is 10.7. The third-order valence-corrected chi connectivity index (χ3v) is 4.34. The molecule has 0 amide bonds. The minimum Gasteiger partial charge on any atom is -0.493 e. The molecule has 0 fully saturated rings. The molecule has 27 heavy (non-hydrogen) atoms. The lowest BCUT2D eigenvalue weighted by atomic mass is 9.82. The van der Waals surface area contributed by atoms with Crippen molar-refractivity contribution in [2.45, 2.75) is 39.5 Å². The molecular formula is C21H30ClNO4. The second-order valence-electron chi connectivity index (χ2n) is 7.36. The summed E-state index contributed by atoms with van der Waals surface area (Å²) < 4.78 is 16.8. The SMILES string of the molecule is COc1cc(OCc2ccccc2)c([C@@H](N)[C@@H](O)C(C)(C)C)cc1OC.Cl. The number of halogens is 1. The molecule has 0 saturated heterocycles. The van der Waals surface area contributed by atoms with Gasteiger partial charge in [0.2, 0.25) is 0 Å². The average Bonchev–Trinajstić information content (AvgIpc) is 2.64. The normalized spacial score (nSPS) is 13.3. The Hall–Kier alpha value is -1.95. The van der Waals surface area contributed by atoms with E-state index in [1.807, 2.05) is 51.1 Å². The summed E-state index contributed by atoms with van der Waals surface area (Å²) >= 11 is 0. The molecule has 0 spiro atoms. The number of aliphatic hydroxyl groups is 1. The third-order valence-electron chi connectivity index (χ3n) is 4.34. The zero-order chi connectivity index (χ0) is 19.3. The van der Waals surface area contributed by atoms with E-state index in [0.29, 0.717) is 29.4 Å². The number of hydrogen-bond acceptors (Lipinski definition) is 5. The molecule has 0 unspecified atom stereocenters. The third kappa shape index (κ3) is 5.76. The fraction of sp³-hybridized carbons (Fsp3) is 0.429. The quantitative estimate of drug-likeness (QED) is 0.737. The fourth-order valence-electron chi connectivity index (χ4n) is 2.71. The first kappa shape index (κ1) is 23.1. The molecule has 2 aromatic carbocycles. The average molecular weight is 396 g/mol. The van der Waals surface area contributed by atoms with Crippen molar-refractivity contribution in [3.05, 3.63) is 53.6 Å². The predicted octanol–water partition coefficient (Wildman–Crippen LogP) is 4.11. The first-order valence-electron chi connectivity index (χ1n) is 8.64. The van der Waals surface area contributed by atoms with Crippen molar-refractivity contribution in [2.75, 3.05) is 14.2 Å². The van der Waals surface area contributed by atoms with E-state index in [9.17, 15) is 5.11 Å². The van der Waals surface area contributed by atoms with E-state index in [1.54, 1.807) is 26.4 Å². The van der Waals surface area contributed by atoms with Crippen LogP contribution in [-0.4, -0.2) is 25.4 Å². The Morgan fingerprint density at radius 2 is 1.52 bits per heavy atom. The molecule has 0 saturated carbocycles. The van der Waals surface area contributed by atoms with Gasteiger partial charge in [-0.3, -0.25) is 0 Å². The first-order valence-corrected chi connectivity index (χ1v) is 8.64. The highest BCUT2D eigenvalue weighted by Gasteiger charge is 2.31. The molecule has 0 radical (unpaired) electrons. The number of aliphatic hydroxyl groups excluding tert-OH is 1. The van der Waals surface area contributed by atoms with Gasteiger partial charge in [0.25, 0.3) is 0 Å². The smallest absolute Gasteiger partial charge is 0.164 e. The van der Waals surface area contributed by atoms with E-state index in [4.69, 9.17) is 19.9 Å². The van der Waals surface area contributed by atoms with E-state index in [2.05, 4.69) is 0 Å². The van der Waals surface area contributed by atoms with E-state index in [1.165, 1.54) is 0 Å². The summed E-state index contributed by atoms with van der Waals surface area (Å²) in [6.07, 6.45) is -0.750. The standard InChI is InChI=1S/C21H29NO4.ClH/c1-21(2,3)20(23)19(22)15-11-17(24-4)18(25-5)12-16(15)26-13-14-9-7-6-8-10-14;/h6-12,19-20,23H,13,22H2,1-5H3;1H/t19-,20-;/m1./s1. The lowest BCUT2D eigenvalue weighted by Gasteiger charge is -2.32. The molecule has 5 nitrogen and oxygen atoms in total. The number of methoxy groups -OCH3 is 2. The van der Waals surface area contributed by atoms with Crippen molar-refractivity contribution in [3.63, 3.8) is 0 Å². The monoisotopic (exact) mass is 395 g/mol. The summed E-state index contributed by atoms with van der Waals surface area (Å²) in [5.74, 6) is 1.67. The Morgan fingerprint density at radius 3 is 2.04 bits per heavy atom. The molecule has 0 aliphatic heterocycles. The molecular weight excluding hydrogens is 366 g/mol. The second-order valence-corrected chi connectivity index (χ2v) is 7.36. The van der Waals surface area contributed by atoms with Crippen LogP contribution in [0.5, 0.6) is 17.2 Å². The van der Waals surface area contributed by atoms with E-state index in [-0.39, 0.29) is 17.8 Å². The fourth-order valence-corrected chi connectivity index (χ4v) is 2.71. The first-order chi connectivity index (χ1) is 12.3. The number of rotatable bonds is 7. The number of benzene rings is 2. The van der Waals surface area contributed by atoms with Crippen LogP contribution in [0.2, 0.25) is 0 Å². The van der Waals surface area contributed by atoms with Crippen LogP contribution in [0, 0.1) is 5.41 Å². The predicted molar refractivity (Wildman–Crippen MR) is 110 cm³/mol. The van der Waals surface area contributed by atoms with Crippen molar-refractivity contribution in [1.29, 1.82) is 0 Å². The molecule has 2 aromatic rings. The van der Waals surface area contributed by atoms with Crippen molar-refractivity contribution in [2.24, 2.45) is 11.1 Å². The maximum atomic E-state index is 10.7. The highest BCUT2D eigenvalue weighted by Crippen LogP contribution is 2.40. The van der Waals surface area contributed by atoms with Crippen molar-refractivity contribution >= 4 is 12.4 Å². The Kier molecular flexibility index (Phi) is 8.41. The van der Waals surface area contributed by atoms with Crippen LogP contribution in [-0.2, 0) is 6.61 Å². The van der Waals surface area contributed by atoms with Gasteiger partial charge in [-0.2, -0.15) is 0 Å². The molecule has 2 atom stereocenters. The van der Waals surface area contributed by atoms with Crippen molar-refractivity contribution in [1.82, 2.24) is 0 Å². The van der Waals surface area contributed by atoms with Gasteiger partial charge in [-0.25, -0.2) is 0 Å².